The van der Waals surface area contributed by atoms with E-state index < -0.39 is 0 Å². The summed E-state index contributed by atoms with van der Waals surface area (Å²) in [5.74, 6) is 0.0853. The van der Waals surface area contributed by atoms with Crippen LogP contribution in [-0.2, 0) is 0 Å². The predicted molar refractivity (Wildman–Crippen MR) is 68.5 cm³/mol. The third kappa shape index (κ3) is 4.39. The van der Waals surface area contributed by atoms with E-state index in [4.69, 9.17) is 11.1 Å². The van der Waals surface area contributed by atoms with Gasteiger partial charge in [-0.25, -0.2) is 0 Å². The number of hydrogen-bond acceptors (Lipinski definition) is 2. The molecule has 1 aliphatic carbocycles. The highest BCUT2D eigenvalue weighted by molar-refractivity contribution is 5.74. The Morgan fingerprint density at radius 3 is 2.31 bits per heavy atom. The van der Waals surface area contributed by atoms with Gasteiger partial charge in [0.2, 0.25) is 0 Å². The first-order chi connectivity index (χ1) is 7.33. The molecule has 0 saturated heterocycles. The van der Waals surface area contributed by atoms with Gasteiger partial charge in [-0.1, -0.05) is 27.2 Å². The molecule has 0 aromatic rings. The minimum absolute atomic E-state index is 0.0853. The Morgan fingerprint density at radius 1 is 1.31 bits per heavy atom. The lowest BCUT2D eigenvalue weighted by Gasteiger charge is -2.43. The lowest BCUT2D eigenvalue weighted by molar-refractivity contribution is 0.129. The first-order valence-electron chi connectivity index (χ1n) is 6.12. The van der Waals surface area contributed by atoms with E-state index in [1.54, 1.807) is 0 Å². The van der Waals surface area contributed by atoms with Crippen LogP contribution in [0.15, 0.2) is 0 Å². The number of nitrogens with one attached hydrogen (secondary N) is 3. The van der Waals surface area contributed by atoms with Crippen LogP contribution in [0.1, 0.15) is 40.0 Å². The van der Waals surface area contributed by atoms with Crippen molar-refractivity contribution in [3.63, 3.8) is 0 Å². The molecular weight excluding hydrogens is 200 g/mol. The Labute approximate surface area is 98.9 Å². The van der Waals surface area contributed by atoms with E-state index in [0.29, 0.717) is 10.8 Å². The molecule has 1 aliphatic rings. The molecule has 5 N–H and O–H groups in total. The van der Waals surface area contributed by atoms with Gasteiger partial charge in [0.05, 0.1) is 0 Å². The Hall–Kier alpha value is -0.770. The van der Waals surface area contributed by atoms with E-state index in [1.165, 1.54) is 19.3 Å². The molecule has 1 fully saturated rings. The van der Waals surface area contributed by atoms with E-state index in [1.807, 2.05) is 0 Å². The van der Waals surface area contributed by atoms with Gasteiger partial charge in [0.1, 0.15) is 0 Å². The number of guanidine groups is 1. The fourth-order valence-electron chi connectivity index (χ4n) is 2.08. The van der Waals surface area contributed by atoms with Crippen LogP contribution in [0.5, 0.6) is 0 Å². The molecule has 0 amide bonds. The second-order valence-corrected chi connectivity index (χ2v) is 6.28. The largest absolute Gasteiger partial charge is 0.370 e. The maximum atomic E-state index is 7.20. The van der Waals surface area contributed by atoms with Crippen molar-refractivity contribution < 1.29 is 0 Å². The molecule has 0 bridgehead atoms. The van der Waals surface area contributed by atoms with Crippen molar-refractivity contribution in [3.8, 4) is 0 Å². The molecule has 0 unspecified atom stereocenters. The normalized spacial score (nSPS) is 18.9. The molecule has 4 nitrogen and oxygen atoms in total. The Morgan fingerprint density at radius 2 is 1.94 bits per heavy atom. The molecule has 94 valence electrons. The molecule has 0 atom stereocenters. The van der Waals surface area contributed by atoms with Gasteiger partial charge in [-0.05, 0) is 18.3 Å². The zero-order valence-corrected chi connectivity index (χ0v) is 10.8. The highest BCUT2D eigenvalue weighted by atomic mass is 15.1. The van der Waals surface area contributed by atoms with Crippen molar-refractivity contribution in [1.29, 1.82) is 5.41 Å². The van der Waals surface area contributed by atoms with Gasteiger partial charge in [-0.2, -0.15) is 0 Å². The first-order valence-corrected chi connectivity index (χ1v) is 6.12. The Bertz CT molecular complexity index is 238. The molecule has 1 rings (SSSR count). The van der Waals surface area contributed by atoms with Crippen molar-refractivity contribution >= 4 is 5.96 Å². The molecular formula is C12H26N4. The summed E-state index contributed by atoms with van der Waals surface area (Å²) < 4.78 is 0. The summed E-state index contributed by atoms with van der Waals surface area (Å²) in [6, 6.07) is 0. The SMILES string of the molecule is CC(C)(C)CNCC1(CNC(=N)N)CCC1. The van der Waals surface area contributed by atoms with Crippen LogP contribution in [0.2, 0.25) is 0 Å². The zero-order valence-electron chi connectivity index (χ0n) is 10.8. The van der Waals surface area contributed by atoms with Gasteiger partial charge in [0.25, 0.3) is 0 Å². The second-order valence-electron chi connectivity index (χ2n) is 6.28. The lowest BCUT2D eigenvalue weighted by atomic mass is 9.68. The second kappa shape index (κ2) is 5.04. The third-order valence-corrected chi connectivity index (χ3v) is 3.22. The summed E-state index contributed by atoms with van der Waals surface area (Å²) >= 11 is 0. The van der Waals surface area contributed by atoms with Crippen LogP contribution in [0.25, 0.3) is 0 Å². The topological polar surface area (TPSA) is 73.9 Å². The molecule has 0 heterocycles. The van der Waals surface area contributed by atoms with Crippen molar-refractivity contribution in [2.45, 2.75) is 40.0 Å². The number of hydrogen-bond donors (Lipinski definition) is 4. The minimum Gasteiger partial charge on any atom is -0.370 e. The predicted octanol–water partition coefficient (Wildman–Crippen LogP) is 1.28. The van der Waals surface area contributed by atoms with E-state index in [2.05, 4.69) is 31.4 Å². The zero-order chi connectivity index (χ0) is 12.2. The highest BCUT2D eigenvalue weighted by Gasteiger charge is 2.36. The summed E-state index contributed by atoms with van der Waals surface area (Å²) in [6.07, 6.45) is 3.78. The van der Waals surface area contributed by atoms with Crippen LogP contribution in [0.3, 0.4) is 0 Å². The first kappa shape index (κ1) is 13.3. The van der Waals surface area contributed by atoms with E-state index in [0.717, 1.165) is 19.6 Å². The van der Waals surface area contributed by atoms with Gasteiger partial charge in [0.15, 0.2) is 5.96 Å². The third-order valence-electron chi connectivity index (χ3n) is 3.22. The maximum Gasteiger partial charge on any atom is 0.185 e. The molecule has 16 heavy (non-hydrogen) atoms. The number of nitrogens with two attached hydrogens (primary N) is 1. The molecule has 1 saturated carbocycles. The van der Waals surface area contributed by atoms with E-state index in [-0.39, 0.29) is 5.96 Å². The van der Waals surface area contributed by atoms with Crippen LogP contribution in [0.4, 0.5) is 0 Å². The summed E-state index contributed by atoms with van der Waals surface area (Å²) in [4.78, 5) is 0. The van der Waals surface area contributed by atoms with Gasteiger partial charge in [-0.3, -0.25) is 5.41 Å². The monoisotopic (exact) mass is 226 g/mol. The summed E-state index contributed by atoms with van der Waals surface area (Å²) in [5.41, 5.74) is 5.99. The van der Waals surface area contributed by atoms with Crippen molar-refractivity contribution in [1.82, 2.24) is 10.6 Å². The van der Waals surface area contributed by atoms with Gasteiger partial charge in [0, 0.05) is 25.0 Å². The quantitative estimate of drug-likeness (QED) is 0.421. The maximum absolute atomic E-state index is 7.20. The Kier molecular flexibility index (Phi) is 4.19. The fraction of sp³-hybridized carbons (Fsp3) is 0.917. The molecule has 0 radical (unpaired) electrons. The van der Waals surface area contributed by atoms with E-state index in [9.17, 15) is 0 Å². The summed E-state index contributed by atoms with van der Waals surface area (Å²) in [7, 11) is 0. The van der Waals surface area contributed by atoms with Crippen LogP contribution in [-0.4, -0.2) is 25.6 Å². The van der Waals surface area contributed by atoms with E-state index >= 15 is 0 Å². The summed E-state index contributed by atoms with van der Waals surface area (Å²) in [6.45, 7) is 9.61. The van der Waals surface area contributed by atoms with Crippen LogP contribution < -0.4 is 16.4 Å². The van der Waals surface area contributed by atoms with Crippen molar-refractivity contribution in [3.05, 3.63) is 0 Å². The fourth-order valence-corrected chi connectivity index (χ4v) is 2.08. The number of rotatable bonds is 5. The molecule has 0 aromatic heterocycles. The standard InChI is InChI=1S/C12H26N4/c1-11(2,3)7-15-8-12(5-4-6-12)9-16-10(13)14/h15H,4-9H2,1-3H3,(H4,13,14,16). The lowest BCUT2D eigenvalue weighted by Crippen LogP contribution is -2.50. The van der Waals surface area contributed by atoms with Crippen LogP contribution in [0, 0.1) is 16.2 Å². The molecule has 0 aromatic carbocycles. The average molecular weight is 226 g/mol. The van der Waals surface area contributed by atoms with Crippen LogP contribution >= 0.6 is 0 Å². The molecule has 0 aliphatic heterocycles. The molecule has 0 spiro atoms. The van der Waals surface area contributed by atoms with Crippen molar-refractivity contribution in [2.75, 3.05) is 19.6 Å². The Balaban J connectivity index is 2.28. The average Bonchev–Trinajstić information content (AvgIpc) is 2.05. The highest BCUT2D eigenvalue weighted by Crippen LogP contribution is 2.39. The minimum atomic E-state index is 0.0853. The summed E-state index contributed by atoms with van der Waals surface area (Å²) in [5, 5.41) is 13.7. The van der Waals surface area contributed by atoms with Gasteiger partial charge in [-0.15, -0.1) is 0 Å². The smallest absolute Gasteiger partial charge is 0.185 e. The van der Waals surface area contributed by atoms with Crippen molar-refractivity contribution in [2.24, 2.45) is 16.6 Å². The van der Waals surface area contributed by atoms with Gasteiger partial charge >= 0.3 is 0 Å². The van der Waals surface area contributed by atoms with Gasteiger partial charge < -0.3 is 16.4 Å². The molecule has 4 heteroatoms.